The first-order chi connectivity index (χ1) is 20.0. The van der Waals surface area contributed by atoms with Gasteiger partial charge in [0.05, 0.1) is 34.5 Å². The number of fused-ring (bicyclic) bond motifs is 2. The average molecular weight is 560 g/mol. The third kappa shape index (κ3) is 5.13. The molecule has 6 rings (SSSR count). The Morgan fingerprint density at radius 1 is 0.902 bits per heavy atom. The Labute approximate surface area is 237 Å². The Morgan fingerprint density at radius 2 is 1.61 bits per heavy atom. The van der Waals surface area contributed by atoms with Gasteiger partial charge in [0.2, 0.25) is 10.6 Å². The van der Waals surface area contributed by atoms with E-state index in [0.717, 1.165) is 9.71 Å². The summed E-state index contributed by atoms with van der Waals surface area (Å²) >= 11 is 1.25. The number of hydrogen-bond donors (Lipinski definition) is 0. The predicted octanol–water partition coefficient (Wildman–Crippen LogP) is 6.32. The van der Waals surface area contributed by atoms with Crippen LogP contribution in [0.3, 0.4) is 0 Å². The number of ketones is 1. The Balaban J connectivity index is 1.38. The SMILES string of the molecule is COc1ccc2nc(N(/N=C/c3coc4ccccc4c3=O)C(=O)c3ccc(C(=O)c4ccccc4)cc3)sc2c1. The van der Waals surface area contributed by atoms with Crippen molar-refractivity contribution in [2.24, 2.45) is 5.10 Å². The van der Waals surface area contributed by atoms with Crippen LogP contribution in [0.1, 0.15) is 31.8 Å². The van der Waals surface area contributed by atoms with Crippen molar-refractivity contribution in [3.63, 3.8) is 0 Å². The zero-order valence-corrected chi connectivity index (χ0v) is 22.5. The number of nitrogens with zero attached hydrogens (tertiary/aromatic N) is 3. The molecular weight excluding hydrogens is 538 g/mol. The third-order valence-electron chi connectivity index (χ3n) is 6.41. The van der Waals surface area contributed by atoms with Crippen LogP contribution in [-0.4, -0.2) is 30.0 Å². The molecule has 0 saturated heterocycles. The first kappa shape index (κ1) is 25.8. The molecule has 0 aliphatic carbocycles. The van der Waals surface area contributed by atoms with Crippen LogP contribution in [0, 0.1) is 0 Å². The maximum atomic E-state index is 13.8. The van der Waals surface area contributed by atoms with E-state index in [9.17, 15) is 14.4 Å². The molecule has 0 spiro atoms. The lowest BCUT2D eigenvalue weighted by Gasteiger charge is -2.14. The molecule has 0 radical (unpaired) electrons. The quantitative estimate of drug-likeness (QED) is 0.129. The zero-order chi connectivity index (χ0) is 28.3. The number of aromatic nitrogens is 1. The highest BCUT2D eigenvalue weighted by atomic mass is 32.1. The van der Waals surface area contributed by atoms with Gasteiger partial charge in [-0.25, -0.2) is 4.98 Å². The molecule has 6 aromatic rings. The normalized spacial score (nSPS) is 11.2. The van der Waals surface area contributed by atoms with E-state index in [1.807, 2.05) is 12.1 Å². The summed E-state index contributed by atoms with van der Waals surface area (Å²) in [4.78, 5) is 44.3. The van der Waals surface area contributed by atoms with E-state index in [1.165, 1.54) is 23.8 Å². The molecule has 0 bridgehead atoms. The standard InChI is InChI=1S/C32H21N3O5S/c1-39-24-15-16-26-28(17-24)41-32(34-26)35(33-18-23-19-40-27-10-6-5-9-25(27)30(23)37)31(38)22-13-11-21(12-14-22)29(36)20-7-3-2-4-8-20/h2-19H,1H3/b33-18+. The van der Waals surface area contributed by atoms with E-state index in [-0.39, 0.29) is 22.3 Å². The molecule has 9 heteroatoms. The van der Waals surface area contributed by atoms with Crippen LogP contribution in [0.15, 0.2) is 118 Å². The van der Waals surface area contributed by atoms with E-state index in [1.54, 1.807) is 92.0 Å². The second kappa shape index (κ2) is 11.0. The minimum absolute atomic E-state index is 0.150. The van der Waals surface area contributed by atoms with Gasteiger partial charge in [-0.3, -0.25) is 14.4 Å². The molecule has 0 atom stereocenters. The highest BCUT2D eigenvalue weighted by Crippen LogP contribution is 2.32. The van der Waals surface area contributed by atoms with Crippen molar-refractivity contribution < 1.29 is 18.7 Å². The fourth-order valence-corrected chi connectivity index (χ4v) is 5.19. The van der Waals surface area contributed by atoms with Gasteiger partial charge >= 0.3 is 0 Å². The number of methoxy groups -OCH3 is 1. The number of hydrogen-bond acceptors (Lipinski definition) is 8. The van der Waals surface area contributed by atoms with Crippen LogP contribution < -0.4 is 15.2 Å². The average Bonchev–Trinajstić information content (AvgIpc) is 3.45. The lowest BCUT2D eigenvalue weighted by molar-refractivity contribution is 0.0985. The molecule has 0 fully saturated rings. The minimum Gasteiger partial charge on any atom is -0.497 e. The second-order valence-electron chi connectivity index (χ2n) is 8.98. The lowest BCUT2D eigenvalue weighted by atomic mass is 10.0. The minimum atomic E-state index is -0.490. The Kier molecular flexibility index (Phi) is 6.93. The van der Waals surface area contributed by atoms with Crippen LogP contribution in [0.5, 0.6) is 5.75 Å². The van der Waals surface area contributed by atoms with Crippen molar-refractivity contribution in [2.45, 2.75) is 0 Å². The number of para-hydroxylation sites is 1. The number of benzene rings is 4. The van der Waals surface area contributed by atoms with Gasteiger partial charge in [-0.2, -0.15) is 10.1 Å². The molecule has 4 aromatic carbocycles. The van der Waals surface area contributed by atoms with E-state index < -0.39 is 5.91 Å². The van der Waals surface area contributed by atoms with Crippen molar-refractivity contribution in [3.8, 4) is 5.75 Å². The summed E-state index contributed by atoms with van der Waals surface area (Å²) in [5, 5.41) is 6.24. The number of thiazole rings is 1. The number of hydrazone groups is 1. The highest BCUT2D eigenvalue weighted by Gasteiger charge is 2.22. The van der Waals surface area contributed by atoms with Gasteiger partial charge in [-0.1, -0.05) is 65.9 Å². The topological polar surface area (TPSA) is 102 Å². The molecule has 2 heterocycles. The summed E-state index contributed by atoms with van der Waals surface area (Å²) in [6.07, 6.45) is 2.60. The summed E-state index contributed by atoms with van der Waals surface area (Å²) in [5.41, 5.74) is 2.30. The fourth-order valence-electron chi connectivity index (χ4n) is 4.24. The zero-order valence-electron chi connectivity index (χ0n) is 21.7. The van der Waals surface area contributed by atoms with Gasteiger partial charge in [0, 0.05) is 16.7 Å². The van der Waals surface area contributed by atoms with E-state index >= 15 is 0 Å². The molecule has 1 amide bonds. The Morgan fingerprint density at radius 3 is 2.39 bits per heavy atom. The maximum absolute atomic E-state index is 13.8. The van der Waals surface area contributed by atoms with Gasteiger partial charge in [0.1, 0.15) is 17.6 Å². The van der Waals surface area contributed by atoms with Gasteiger partial charge < -0.3 is 9.15 Å². The lowest BCUT2D eigenvalue weighted by Crippen LogP contribution is -2.26. The highest BCUT2D eigenvalue weighted by molar-refractivity contribution is 7.22. The van der Waals surface area contributed by atoms with E-state index in [2.05, 4.69) is 10.1 Å². The van der Waals surface area contributed by atoms with Crippen molar-refractivity contribution in [3.05, 3.63) is 136 Å². The third-order valence-corrected chi connectivity index (χ3v) is 7.40. The van der Waals surface area contributed by atoms with Crippen LogP contribution in [0.4, 0.5) is 5.13 Å². The molecule has 0 unspecified atom stereocenters. The molecule has 41 heavy (non-hydrogen) atoms. The van der Waals surface area contributed by atoms with Crippen LogP contribution in [-0.2, 0) is 0 Å². The van der Waals surface area contributed by atoms with E-state index in [4.69, 9.17) is 9.15 Å². The fraction of sp³-hybridized carbons (Fsp3) is 0.0312. The molecule has 0 aliphatic heterocycles. The van der Waals surface area contributed by atoms with E-state index in [0.29, 0.717) is 38.5 Å². The number of rotatable bonds is 7. The largest absolute Gasteiger partial charge is 0.497 e. The van der Waals surface area contributed by atoms with Crippen LogP contribution in [0.25, 0.3) is 21.2 Å². The first-order valence-electron chi connectivity index (χ1n) is 12.6. The summed E-state index contributed by atoms with van der Waals surface area (Å²) in [6, 6.07) is 27.6. The van der Waals surface area contributed by atoms with Gasteiger partial charge in [0.15, 0.2) is 5.78 Å². The monoisotopic (exact) mass is 559 g/mol. The van der Waals surface area contributed by atoms with Gasteiger partial charge in [0.25, 0.3) is 5.91 Å². The van der Waals surface area contributed by atoms with Gasteiger partial charge in [-0.15, -0.1) is 0 Å². The second-order valence-corrected chi connectivity index (χ2v) is 9.99. The molecular formula is C32H21N3O5S. The molecule has 2 aromatic heterocycles. The number of anilines is 1. The Bertz CT molecular complexity index is 2000. The molecule has 0 saturated carbocycles. The number of carbonyl (C=O) groups is 2. The first-order valence-corrected chi connectivity index (χ1v) is 13.4. The summed E-state index contributed by atoms with van der Waals surface area (Å²) < 4.78 is 11.7. The summed E-state index contributed by atoms with van der Waals surface area (Å²) in [7, 11) is 1.57. The predicted molar refractivity (Wildman–Crippen MR) is 159 cm³/mol. The van der Waals surface area contributed by atoms with Crippen molar-refractivity contribution in [1.29, 1.82) is 0 Å². The molecule has 0 N–H and O–H groups in total. The molecule has 8 nitrogen and oxygen atoms in total. The molecule has 0 aliphatic rings. The maximum Gasteiger partial charge on any atom is 0.280 e. The van der Waals surface area contributed by atoms with Crippen molar-refractivity contribution in [2.75, 3.05) is 12.1 Å². The van der Waals surface area contributed by atoms with Crippen molar-refractivity contribution in [1.82, 2.24) is 4.98 Å². The number of ether oxygens (including phenoxy) is 1. The summed E-state index contributed by atoms with van der Waals surface area (Å²) in [5.74, 6) is 0.0142. The van der Waals surface area contributed by atoms with Crippen LogP contribution in [0.2, 0.25) is 0 Å². The molecule has 200 valence electrons. The van der Waals surface area contributed by atoms with Crippen LogP contribution >= 0.6 is 11.3 Å². The smallest absolute Gasteiger partial charge is 0.280 e. The van der Waals surface area contributed by atoms with Gasteiger partial charge in [-0.05, 0) is 42.5 Å². The van der Waals surface area contributed by atoms with Crippen molar-refractivity contribution >= 4 is 55.6 Å². The number of carbonyl (C=O) groups excluding carboxylic acids is 2. The Hall–Kier alpha value is -5.41. The summed E-state index contributed by atoms with van der Waals surface area (Å²) in [6.45, 7) is 0. The number of amides is 1.